The third kappa shape index (κ3) is 3.22. The number of hydrogen-bond acceptors (Lipinski definition) is 7. The van der Waals surface area contributed by atoms with E-state index >= 15 is 0 Å². The number of fused-ring (bicyclic) bond motifs is 1. The molecule has 10 heteroatoms. The Kier molecular flexibility index (Phi) is 4.24. The smallest absolute Gasteiger partial charge is 0.405 e. The number of piperidine rings is 1. The zero-order valence-electron chi connectivity index (χ0n) is 14.3. The van der Waals surface area contributed by atoms with Gasteiger partial charge in [0.15, 0.2) is 0 Å². The summed E-state index contributed by atoms with van der Waals surface area (Å²) < 4.78 is 0. The number of nitrogen functional groups attached to an aromatic ring is 1. The quantitative estimate of drug-likeness (QED) is 0.454. The van der Waals surface area contributed by atoms with Crippen molar-refractivity contribution in [3.05, 3.63) is 30.7 Å². The SMILES string of the molecule is Nc1nccc(-c2c[nH]c3nccc(N4CC[C@H](O)[C@@H](NC(=O)O)C4)c23)n1. The van der Waals surface area contributed by atoms with Gasteiger partial charge in [-0.05, 0) is 18.6 Å². The Balaban J connectivity index is 1.76. The summed E-state index contributed by atoms with van der Waals surface area (Å²) in [6.07, 6.45) is 3.68. The maximum atomic E-state index is 11.0. The van der Waals surface area contributed by atoms with Gasteiger partial charge in [-0.3, -0.25) is 0 Å². The summed E-state index contributed by atoms with van der Waals surface area (Å²) in [5.74, 6) is 0.180. The normalized spacial score (nSPS) is 20.0. The van der Waals surface area contributed by atoms with Crippen molar-refractivity contribution in [1.29, 1.82) is 0 Å². The molecule has 6 N–H and O–H groups in total. The lowest BCUT2D eigenvalue weighted by molar-refractivity contribution is 0.103. The standard InChI is InChI=1S/C17H19N7O3/c18-16-20-4-1-10(22-16)9-7-21-15-14(9)12(2-5-19-15)24-6-3-13(25)11(8-24)23-17(26)27/h1-2,4-5,7,11,13,23,25H,3,6,8H2,(H,19,21)(H,26,27)(H2,18,20,22)/t11-,13-/m0/s1. The minimum atomic E-state index is -1.15. The van der Waals surface area contributed by atoms with Crippen LogP contribution in [-0.4, -0.2) is 61.5 Å². The fourth-order valence-electron chi connectivity index (χ4n) is 3.49. The minimum Gasteiger partial charge on any atom is -0.465 e. The summed E-state index contributed by atoms with van der Waals surface area (Å²) in [5.41, 5.74) is 8.79. The number of aromatic amines is 1. The summed E-state index contributed by atoms with van der Waals surface area (Å²) in [4.78, 5) is 28.8. The van der Waals surface area contributed by atoms with Crippen LogP contribution in [0.15, 0.2) is 30.7 Å². The van der Waals surface area contributed by atoms with Crippen molar-refractivity contribution in [2.75, 3.05) is 23.7 Å². The first kappa shape index (κ1) is 17.0. The van der Waals surface area contributed by atoms with E-state index in [4.69, 9.17) is 10.8 Å². The van der Waals surface area contributed by atoms with Crippen LogP contribution in [0.25, 0.3) is 22.3 Å². The molecule has 0 aromatic carbocycles. The first-order chi connectivity index (χ1) is 13.0. The Labute approximate surface area is 154 Å². The first-order valence-corrected chi connectivity index (χ1v) is 8.50. The first-order valence-electron chi connectivity index (χ1n) is 8.50. The predicted molar refractivity (Wildman–Crippen MR) is 99.3 cm³/mol. The van der Waals surface area contributed by atoms with Gasteiger partial charge in [0.1, 0.15) is 5.65 Å². The molecule has 1 saturated heterocycles. The molecule has 3 aromatic heterocycles. The van der Waals surface area contributed by atoms with Crippen molar-refractivity contribution in [3.63, 3.8) is 0 Å². The zero-order chi connectivity index (χ0) is 19.0. The van der Waals surface area contributed by atoms with E-state index in [1.54, 1.807) is 18.5 Å². The molecule has 4 rings (SSSR count). The largest absolute Gasteiger partial charge is 0.465 e. The van der Waals surface area contributed by atoms with Crippen LogP contribution in [0.5, 0.6) is 0 Å². The molecule has 0 unspecified atom stereocenters. The van der Waals surface area contributed by atoms with Gasteiger partial charge in [-0.1, -0.05) is 0 Å². The Bertz CT molecular complexity index is 990. The lowest BCUT2D eigenvalue weighted by atomic mass is 10.0. The number of nitrogens with two attached hydrogens (primary N) is 1. The van der Waals surface area contributed by atoms with Crippen LogP contribution in [0.1, 0.15) is 6.42 Å². The molecule has 1 amide bonds. The highest BCUT2D eigenvalue weighted by Gasteiger charge is 2.30. The van der Waals surface area contributed by atoms with Crippen molar-refractivity contribution in [3.8, 4) is 11.3 Å². The molecule has 140 valence electrons. The number of amides is 1. The Morgan fingerprint density at radius 2 is 2.15 bits per heavy atom. The Morgan fingerprint density at radius 3 is 2.93 bits per heavy atom. The number of H-pyrrole nitrogens is 1. The highest BCUT2D eigenvalue weighted by molar-refractivity contribution is 6.02. The molecule has 2 atom stereocenters. The second-order valence-electron chi connectivity index (χ2n) is 6.41. The number of carbonyl (C=O) groups is 1. The van der Waals surface area contributed by atoms with Crippen molar-refractivity contribution in [1.82, 2.24) is 25.3 Å². The molecule has 0 radical (unpaired) electrons. The lowest BCUT2D eigenvalue weighted by Gasteiger charge is -2.37. The second kappa shape index (κ2) is 6.72. The average molecular weight is 369 g/mol. The number of aliphatic hydroxyl groups is 1. The van der Waals surface area contributed by atoms with Crippen molar-refractivity contribution in [2.45, 2.75) is 18.6 Å². The zero-order valence-corrected chi connectivity index (χ0v) is 14.3. The van der Waals surface area contributed by atoms with E-state index in [1.807, 2.05) is 17.2 Å². The van der Waals surface area contributed by atoms with Gasteiger partial charge in [-0.2, -0.15) is 0 Å². The van der Waals surface area contributed by atoms with E-state index in [-0.39, 0.29) is 5.95 Å². The van der Waals surface area contributed by atoms with Gasteiger partial charge < -0.3 is 31.1 Å². The van der Waals surface area contributed by atoms with E-state index in [2.05, 4.69) is 25.3 Å². The van der Waals surface area contributed by atoms with Gasteiger partial charge >= 0.3 is 6.09 Å². The molecule has 10 nitrogen and oxygen atoms in total. The van der Waals surface area contributed by atoms with E-state index in [9.17, 15) is 9.90 Å². The monoisotopic (exact) mass is 369 g/mol. The van der Waals surface area contributed by atoms with Crippen LogP contribution in [-0.2, 0) is 0 Å². The van der Waals surface area contributed by atoms with Gasteiger partial charge in [0, 0.05) is 37.2 Å². The second-order valence-corrected chi connectivity index (χ2v) is 6.41. The molecule has 3 aromatic rings. The fraction of sp³-hybridized carbons (Fsp3) is 0.294. The fourth-order valence-corrected chi connectivity index (χ4v) is 3.49. The average Bonchev–Trinajstić information content (AvgIpc) is 3.07. The molecule has 27 heavy (non-hydrogen) atoms. The maximum absolute atomic E-state index is 11.0. The van der Waals surface area contributed by atoms with Crippen LogP contribution in [0, 0.1) is 0 Å². The number of anilines is 2. The van der Waals surface area contributed by atoms with Gasteiger partial charge in [0.2, 0.25) is 5.95 Å². The topological polar surface area (TPSA) is 153 Å². The van der Waals surface area contributed by atoms with Crippen LogP contribution in [0.3, 0.4) is 0 Å². The molecule has 0 saturated carbocycles. The predicted octanol–water partition coefficient (Wildman–Crippen LogP) is 0.809. The summed E-state index contributed by atoms with van der Waals surface area (Å²) in [7, 11) is 0. The minimum absolute atomic E-state index is 0.180. The molecule has 1 aliphatic heterocycles. The van der Waals surface area contributed by atoms with Gasteiger partial charge in [0.05, 0.1) is 28.9 Å². The molecular weight excluding hydrogens is 350 g/mol. The number of carboxylic acid groups (broad SMARTS) is 1. The molecule has 0 bridgehead atoms. The van der Waals surface area contributed by atoms with E-state index in [0.29, 0.717) is 30.9 Å². The molecule has 0 spiro atoms. The molecule has 1 aliphatic rings. The van der Waals surface area contributed by atoms with E-state index in [1.165, 1.54) is 0 Å². The number of pyridine rings is 1. The number of rotatable bonds is 3. The Morgan fingerprint density at radius 1 is 1.33 bits per heavy atom. The number of aromatic nitrogens is 4. The van der Waals surface area contributed by atoms with Gasteiger partial charge in [-0.15, -0.1) is 0 Å². The van der Waals surface area contributed by atoms with Gasteiger partial charge in [-0.25, -0.2) is 19.7 Å². The van der Waals surface area contributed by atoms with Crippen LogP contribution >= 0.6 is 0 Å². The van der Waals surface area contributed by atoms with Crippen molar-refractivity contribution >= 4 is 28.8 Å². The number of hydrogen-bond donors (Lipinski definition) is 5. The summed E-state index contributed by atoms with van der Waals surface area (Å²) in [6.45, 7) is 0.942. The molecule has 4 heterocycles. The third-order valence-electron chi connectivity index (χ3n) is 4.73. The molecule has 0 aliphatic carbocycles. The highest BCUT2D eigenvalue weighted by atomic mass is 16.4. The van der Waals surface area contributed by atoms with E-state index < -0.39 is 18.2 Å². The number of nitrogens with zero attached hydrogens (tertiary/aromatic N) is 4. The Hall–Kier alpha value is -3.40. The third-order valence-corrected chi connectivity index (χ3v) is 4.73. The van der Waals surface area contributed by atoms with Gasteiger partial charge in [0.25, 0.3) is 0 Å². The highest BCUT2D eigenvalue weighted by Crippen LogP contribution is 2.35. The maximum Gasteiger partial charge on any atom is 0.405 e. The molecular formula is C17H19N7O3. The van der Waals surface area contributed by atoms with Crippen LogP contribution in [0.4, 0.5) is 16.4 Å². The number of aliphatic hydroxyl groups excluding tert-OH is 1. The number of nitrogens with one attached hydrogen (secondary N) is 2. The van der Waals surface area contributed by atoms with Crippen molar-refractivity contribution < 1.29 is 15.0 Å². The molecule has 1 fully saturated rings. The van der Waals surface area contributed by atoms with Crippen LogP contribution < -0.4 is 16.0 Å². The summed E-state index contributed by atoms with van der Waals surface area (Å²) in [5, 5.41) is 22.4. The van der Waals surface area contributed by atoms with Crippen molar-refractivity contribution in [2.24, 2.45) is 0 Å². The lowest BCUT2D eigenvalue weighted by Crippen LogP contribution is -2.55. The summed E-state index contributed by atoms with van der Waals surface area (Å²) >= 11 is 0. The van der Waals surface area contributed by atoms with Crippen LogP contribution in [0.2, 0.25) is 0 Å². The summed E-state index contributed by atoms with van der Waals surface area (Å²) in [6, 6.07) is 3.07. The van der Waals surface area contributed by atoms with E-state index in [0.717, 1.165) is 16.6 Å².